The zero-order valence-electron chi connectivity index (χ0n) is 14.3. The molecule has 0 saturated carbocycles. The number of piperidine rings is 1. The minimum absolute atomic E-state index is 0.245. The van der Waals surface area contributed by atoms with Gasteiger partial charge < -0.3 is 18.8 Å². The zero-order chi connectivity index (χ0) is 16.8. The second kappa shape index (κ2) is 8.20. The van der Waals surface area contributed by atoms with Gasteiger partial charge in [-0.15, -0.1) is 0 Å². The Bertz CT molecular complexity index is 673. The molecule has 1 fully saturated rings. The van der Waals surface area contributed by atoms with Gasteiger partial charge in [0.25, 0.3) is 0 Å². The molecule has 0 bridgehead atoms. The number of esters is 1. The van der Waals surface area contributed by atoms with Gasteiger partial charge in [-0.3, -0.25) is 0 Å². The smallest absolute Gasteiger partial charge is 0.374 e. The summed E-state index contributed by atoms with van der Waals surface area (Å²) in [4.78, 5) is 14.6. The average molecular weight is 331 g/mol. The average Bonchev–Trinajstić information content (AvgIpc) is 3.05. The van der Waals surface area contributed by atoms with Gasteiger partial charge in [0, 0.05) is 11.5 Å². The number of unbranched alkanes of at least 4 members (excludes halogenated alkanes) is 1. The summed E-state index contributed by atoms with van der Waals surface area (Å²) in [6, 6.07) is 7.19. The van der Waals surface area contributed by atoms with Crippen molar-refractivity contribution in [1.29, 1.82) is 0 Å². The number of fused-ring (bicyclic) bond motifs is 1. The molecule has 3 rings (SSSR count). The lowest BCUT2D eigenvalue weighted by molar-refractivity contribution is 0.0461. The summed E-state index contributed by atoms with van der Waals surface area (Å²) in [7, 11) is 1.60. The first-order valence-electron chi connectivity index (χ1n) is 8.73. The van der Waals surface area contributed by atoms with E-state index in [1.165, 1.54) is 32.4 Å². The second-order valence-corrected chi connectivity index (χ2v) is 6.26. The standard InChI is InChI=1S/C19H25NO4/c1-22-16-8-7-15-13-18(24-17(15)14-16)19(21)23-12-6-5-11-20-9-3-2-4-10-20/h7-8,13-14H,2-6,9-12H2,1H3. The van der Waals surface area contributed by atoms with E-state index in [2.05, 4.69) is 4.90 Å². The van der Waals surface area contributed by atoms with Crippen LogP contribution in [0.2, 0.25) is 0 Å². The molecule has 0 amide bonds. The molecule has 1 aliphatic heterocycles. The van der Waals surface area contributed by atoms with E-state index in [1.807, 2.05) is 12.1 Å². The molecular weight excluding hydrogens is 306 g/mol. The molecule has 0 spiro atoms. The molecule has 24 heavy (non-hydrogen) atoms. The maximum Gasteiger partial charge on any atom is 0.374 e. The fourth-order valence-electron chi connectivity index (χ4n) is 3.10. The van der Waals surface area contributed by atoms with Crippen LogP contribution in [-0.2, 0) is 4.74 Å². The zero-order valence-corrected chi connectivity index (χ0v) is 14.3. The summed E-state index contributed by atoms with van der Waals surface area (Å²) in [5.74, 6) is 0.548. The third kappa shape index (κ3) is 4.29. The van der Waals surface area contributed by atoms with Gasteiger partial charge in [0.15, 0.2) is 0 Å². The molecule has 1 saturated heterocycles. The number of carbonyl (C=O) groups is 1. The Morgan fingerprint density at radius 3 is 2.79 bits per heavy atom. The monoisotopic (exact) mass is 331 g/mol. The maximum absolute atomic E-state index is 12.1. The predicted molar refractivity (Wildman–Crippen MR) is 92.6 cm³/mol. The van der Waals surface area contributed by atoms with E-state index >= 15 is 0 Å². The van der Waals surface area contributed by atoms with Crippen LogP contribution in [0.1, 0.15) is 42.7 Å². The van der Waals surface area contributed by atoms with Crippen molar-refractivity contribution in [2.24, 2.45) is 0 Å². The van der Waals surface area contributed by atoms with E-state index in [1.54, 1.807) is 19.2 Å². The number of rotatable bonds is 7. The Labute approximate surface area is 142 Å². The summed E-state index contributed by atoms with van der Waals surface area (Å²) >= 11 is 0. The van der Waals surface area contributed by atoms with Crippen LogP contribution in [0.5, 0.6) is 5.75 Å². The fourth-order valence-corrected chi connectivity index (χ4v) is 3.10. The van der Waals surface area contributed by atoms with Crippen molar-refractivity contribution in [3.05, 3.63) is 30.0 Å². The Kier molecular flexibility index (Phi) is 5.75. The van der Waals surface area contributed by atoms with Crippen LogP contribution in [-0.4, -0.2) is 44.2 Å². The lowest BCUT2D eigenvalue weighted by Crippen LogP contribution is -2.30. The molecule has 1 aromatic heterocycles. The number of methoxy groups -OCH3 is 1. The highest BCUT2D eigenvalue weighted by atomic mass is 16.5. The van der Waals surface area contributed by atoms with Gasteiger partial charge in [0.1, 0.15) is 11.3 Å². The molecule has 2 aromatic rings. The highest BCUT2D eigenvalue weighted by Crippen LogP contribution is 2.24. The van der Waals surface area contributed by atoms with Crippen molar-refractivity contribution in [2.75, 3.05) is 33.4 Å². The summed E-state index contributed by atoms with van der Waals surface area (Å²) in [5.41, 5.74) is 0.631. The molecule has 1 aromatic carbocycles. The van der Waals surface area contributed by atoms with Gasteiger partial charge in [0.2, 0.25) is 5.76 Å². The van der Waals surface area contributed by atoms with E-state index in [0.717, 1.165) is 24.8 Å². The van der Waals surface area contributed by atoms with Gasteiger partial charge >= 0.3 is 5.97 Å². The van der Waals surface area contributed by atoms with Gasteiger partial charge in [-0.1, -0.05) is 6.42 Å². The van der Waals surface area contributed by atoms with Crippen LogP contribution < -0.4 is 4.74 Å². The maximum atomic E-state index is 12.1. The van der Waals surface area contributed by atoms with Crippen molar-refractivity contribution in [2.45, 2.75) is 32.1 Å². The van der Waals surface area contributed by atoms with E-state index in [9.17, 15) is 4.79 Å². The first kappa shape index (κ1) is 16.8. The van der Waals surface area contributed by atoms with Crippen molar-refractivity contribution >= 4 is 16.9 Å². The third-order valence-electron chi connectivity index (χ3n) is 4.48. The molecule has 0 unspecified atom stereocenters. The number of hydrogen-bond acceptors (Lipinski definition) is 5. The summed E-state index contributed by atoms with van der Waals surface area (Å²) < 4.78 is 16.0. The minimum Gasteiger partial charge on any atom is -0.497 e. The van der Waals surface area contributed by atoms with E-state index in [0.29, 0.717) is 17.9 Å². The van der Waals surface area contributed by atoms with Crippen LogP contribution in [0.4, 0.5) is 0 Å². The second-order valence-electron chi connectivity index (χ2n) is 6.26. The molecule has 5 nitrogen and oxygen atoms in total. The molecule has 5 heteroatoms. The Morgan fingerprint density at radius 1 is 1.17 bits per heavy atom. The minimum atomic E-state index is -0.400. The number of carbonyl (C=O) groups excluding carboxylic acids is 1. The quantitative estimate of drug-likeness (QED) is 0.569. The van der Waals surface area contributed by atoms with Crippen LogP contribution in [0.25, 0.3) is 11.0 Å². The molecule has 0 aliphatic carbocycles. The van der Waals surface area contributed by atoms with Gasteiger partial charge in [-0.05, 0) is 63.5 Å². The van der Waals surface area contributed by atoms with Gasteiger partial charge in [-0.25, -0.2) is 4.79 Å². The Morgan fingerprint density at radius 2 is 2.00 bits per heavy atom. The molecule has 0 atom stereocenters. The summed E-state index contributed by atoms with van der Waals surface area (Å²) in [5, 5.41) is 0.868. The van der Waals surface area contributed by atoms with Crippen molar-refractivity contribution in [3.63, 3.8) is 0 Å². The highest BCUT2D eigenvalue weighted by Gasteiger charge is 2.14. The first-order chi connectivity index (χ1) is 11.8. The van der Waals surface area contributed by atoms with E-state index in [-0.39, 0.29) is 5.76 Å². The largest absolute Gasteiger partial charge is 0.497 e. The van der Waals surface area contributed by atoms with Gasteiger partial charge in [0.05, 0.1) is 13.7 Å². The normalized spacial score (nSPS) is 15.5. The van der Waals surface area contributed by atoms with E-state index < -0.39 is 5.97 Å². The molecule has 0 radical (unpaired) electrons. The van der Waals surface area contributed by atoms with Crippen molar-refractivity contribution in [1.82, 2.24) is 4.90 Å². The van der Waals surface area contributed by atoms with Crippen molar-refractivity contribution < 1.29 is 18.7 Å². The fraction of sp³-hybridized carbons (Fsp3) is 0.526. The molecule has 0 N–H and O–H groups in total. The first-order valence-corrected chi connectivity index (χ1v) is 8.73. The lowest BCUT2D eigenvalue weighted by atomic mass is 10.1. The summed E-state index contributed by atoms with van der Waals surface area (Å²) in [6.45, 7) is 3.96. The van der Waals surface area contributed by atoms with Crippen LogP contribution in [0, 0.1) is 0 Å². The number of furan rings is 1. The summed E-state index contributed by atoms with van der Waals surface area (Å²) in [6.07, 6.45) is 5.93. The van der Waals surface area contributed by atoms with E-state index in [4.69, 9.17) is 13.9 Å². The Hall–Kier alpha value is -2.01. The number of likely N-dealkylation sites (tertiary alicyclic amines) is 1. The van der Waals surface area contributed by atoms with Crippen LogP contribution in [0.3, 0.4) is 0 Å². The lowest BCUT2D eigenvalue weighted by Gasteiger charge is -2.26. The third-order valence-corrected chi connectivity index (χ3v) is 4.48. The number of hydrogen-bond donors (Lipinski definition) is 0. The van der Waals surface area contributed by atoms with Crippen LogP contribution in [0.15, 0.2) is 28.7 Å². The van der Waals surface area contributed by atoms with Crippen LogP contribution >= 0.6 is 0 Å². The van der Waals surface area contributed by atoms with Gasteiger partial charge in [-0.2, -0.15) is 0 Å². The number of ether oxygens (including phenoxy) is 2. The highest BCUT2D eigenvalue weighted by molar-refractivity contribution is 5.92. The molecule has 2 heterocycles. The molecule has 1 aliphatic rings. The number of nitrogens with zero attached hydrogens (tertiary/aromatic N) is 1. The Balaban J connectivity index is 1.43. The molecular formula is C19H25NO4. The predicted octanol–water partition coefficient (Wildman–Crippen LogP) is 3.86. The number of benzene rings is 1. The SMILES string of the molecule is COc1ccc2cc(C(=O)OCCCCN3CCCCC3)oc2c1. The topological polar surface area (TPSA) is 51.9 Å². The van der Waals surface area contributed by atoms with Crippen molar-refractivity contribution in [3.8, 4) is 5.75 Å². The molecule has 130 valence electrons.